The van der Waals surface area contributed by atoms with E-state index >= 15 is 0 Å². The van der Waals surface area contributed by atoms with E-state index in [1.54, 1.807) is 7.11 Å². The lowest BCUT2D eigenvalue weighted by atomic mass is 9.90. The van der Waals surface area contributed by atoms with E-state index in [0.29, 0.717) is 30.9 Å². The Kier molecular flexibility index (Phi) is 7.53. The van der Waals surface area contributed by atoms with Crippen LogP contribution < -0.4 is 4.74 Å². The zero-order chi connectivity index (χ0) is 27.6. The van der Waals surface area contributed by atoms with Gasteiger partial charge in [0.25, 0.3) is 0 Å². The third kappa shape index (κ3) is 5.20. The Labute approximate surface area is 238 Å². The van der Waals surface area contributed by atoms with Crippen LogP contribution in [0.25, 0.3) is 34.0 Å². The molecule has 2 aliphatic carbocycles. The van der Waals surface area contributed by atoms with Crippen molar-refractivity contribution >= 4 is 0 Å². The molecule has 208 valence electrons. The largest absolute Gasteiger partial charge is 0.487 e. The van der Waals surface area contributed by atoms with Crippen molar-refractivity contribution in [2.24, 2.45) is 7.05 Å². The number of pyridine rings is 1. The quantitative estimate of drug-likeness (QED) is 0.152. The Hall–Kier alpha value is -3.77. The predicted molar refractivity (Wildman–Crippen MR) is 162 cm³/mol. The number of nitrogens with zero attached hydrogens (tertiary/aromatic N) is 4. The van der Waals surface area contributed by atoms with E-state index in [9.17, 15) is 0 Å². The maximum atomic E-state index is 6.32. The zero-order valence-corrected chi connectivity index (χ0v) is 23.9. The molecule has 1 fully saturated rings. The number of aromatic nitrogens is 4. The van der Waals surface area contributed by atoms with Crippen molar-refractivity contribution in [2.45, 2.75) is 57.3 Å². The molecule has 0 N–H and O–H groups in total. The second-order valence-electron chi connectivity index (χ2n) is 11.3. The molecular weight excluding hydrogens is 496 g/mol. The highest BCUT2D eigenvalue weighted by Crippen LogP contribution is 2.53. The van der Waals surface area contributed by atoms with Crippen LogP contribution in [0, 0.1) is 0 Å². The van der Waals surface area contributed by atoms with Gasteiger partial charge in [0, 0.05) is 45.1 Å². The SMILES string of the molecule is COCC/C=C\COc1cc(-c2nc(-c3ccc(C(C)C)cc3)n(C)n2)cnc1-c1ccc2c(c1)C1CCC2C1.[HH]. The van der Waals surface area contributed by atoms with E-state index in [1.165, 1.54) is 36.0 Å². The molecule has 0 radical (unpaired) electrons. The average Bonchev–Trinajstić information content (AvgIpc) is 3.70. The van der Waals surface area contributed by atoms with Gasteiger partial charge in [-0.15, -0.1) is 0 Å². The van der Waals surface area contributed by atoms with Crippen molar-refractivity contribution < 1.29 is 10.9 Å². The number of benzene rings is 2. The van der Waals surface area contributed by atoms with Crippen LogP contribution in [0.2, 0.25) is 0 Å². The first-order valence-corrected chi connectivity index (χ1v) is 14.4. The molecule has 4 aromatic rings. The van der Waals surface area contributed by atoms with E-state index in [-0.39, 0.29) is 1.43 Å². The van der Waals surface area contributed by atoms with Crippen molar-refractivity contribution in [3.63, 3.8) is 0 Å². The van der Waals surface area contributed by atoms with Gasteiger partial charge in [0.2, 0.25) is 0 Å². The smallest absolute Gasteiger partial charge is 0.183 e. The molecule has 2 aromatic heterocycles. The van der Waals surface area contributed by atoms with E-state index in [2.05, 4.69) is 62.4 Å². The molecule has 2 heterocycles. The van der Waals surface area contributed by atoms with Crippen LogP contribution in [0.4, 0.5) is 0 Å². The van der Waals surface area contributed by atoms with Gasteiger partial charge in [0.05, 0.1) is 0 Å². The number of ether oxygens (including phenoxy) is 2. The highest BCUT2D eigenvalue weighted by Gasteiger charge is 2.36. The molecule has 6 rings (SSSR count). The van der Waals surface area contributed by atoms with Gasteiger partial charge in [0.1, 0.15) is 18.1 Å². The fourth-order valence-electron chi connectivity index (χ4n) is 6.17. The molecule has 0 spiro atoms. The van der Waals surface area contributed by atoms with Crippen LogP contribution >= 0.6 is 0 Å². The molecule has 2 atom stereocenters. The minimum Gasteiger partial charge on any atom is -0.487 e. The zero-order valence-electron chi connectivity index (χ0n) is 23.9. The third-order valence-electron chi connectivity index (χ3n) is 8.37. The standard InChI is InChI=1S/C34H38N4O2.H2/c1-22(2)23-8-10-24(11-9-23)34-36-33(37-38(34)3)28-20-31(40-17-7-5-6-16-39-4)32(35-21-28)27-14-15-29-25-12-13-26(18-25)30(29)19-27;/h5,7-11,14-15,19-22,25-26H,6,12-13,16-18H2,1-4H3;1H/b7-5-;. The lowest BCUT2D eigenvalue weighted by molar-refractivity contribution is 0.204. The van der Waals surface area contributed by atoms with Crippen molar-refractivity contribution in [1.29, 1.82) is 0 Å². The monoisotopic (exact) mass is 536 g/mol. The van der Waals surface area contributed by atoms with Crippen molar-refractivity contribution in [2.75, 3.05) is 20.3 Å². The molecule has 0 saturated heterocycles. The molecule has 2 aromatic carbocycles. The summed E-state index contributed by atoms with van der Waals surface area (Å²) in [5, 5.41) is 4.74. The summed E-state index contributed by atoms with van der Waals surface area (Å²) in [6.45, 7) is 5.56. The summed E-state index contributed by atoms with van der Waals surface area (Å²) in [5.41, 5.74) is 8.19. The number of rotatable bonds is 10. The third-order valence-corrected chi connectivity index (χ3v) is 8.37. The minimum atomic E-state index is 0. The summed E-state index contributed by atoms with van der Waals surface area (Å²) in [5.74, 6) is 4.12. The van der Waals surface area contributed by atoms with Crippen LogP contribution in [0.15, 0.2) is 66.9 Å². The Morgan fingerprint density at radius 2 is 1.75 bits per heavy atom. The number of methoxy groups -OCH3 is 1. The maximum absolute atomic E-state index is 6.32. The molecule has 2 aliphatic rings. The highest BCUT2D eigenvalue weighted by atomic mass is 16.5. The van der Waals surface area contributed by atoms with Gasteiger partial charge in [-0.25, -0.2) is 9.67 Å². The predicted octanol–water partition coefficient (Wildman–Crippen LogP) is 7.92. The van der Waals surface area contributed by atoms with Crippen LogP contribution in [0.5, 0.6) is 5.75 Å². The van der Waals surface area contributed by atoms with Crippen molar-refractivity contribution in [3.8, 4) is 39.8 Å². The first-order valence-electron chi connectivity index (χ1n) is 14.4. The lowest BCUT2D eigenvalue weighted by Crippen LogP contribution is -2.01. The van der Waals surface area contributed by atoms with Crippen LogP contribution in [0.3, 0.4) is 0 Å². The summed E-state index contributed by atoms with van der Waals surface area (Å²) >= 11 is 0. The fraction of sp³-hybridized carbons (Fsp3) is 0.382. The summed E-state index contributed by atoms with van der Waals surface area (Å²) in [7, 11) is 3.65. The molecule has 0 aliphatic heterocycles. The Morgan fingerprint density at radius 3 is 2.52 bits per heavy atom. The van der Waals surface area contributed by atoms with Gasteiger partial charge in [-0.05, 0) is 72.3 Å². The molecule has 2 unspecified atom stereocenters. The van der Waals surface area contributed by atoms with Gasteiger partial charge < -0.3 is 9.47 Å². The van der Waals surface area contributed by atoms with Gasteiger partial charge in [-0.3, -0.25) is 4.98 Å². The number of aryl methyl sites for hydroxylation is 1. The molecule has 6 nitrogen and oxygen atoms in total. The van der Waals surface area contributed by atoms with E-state index in [1.807, 2.05) is 30.1 Å². The summed E-state index contributed by atoms with van der Waals surface area (Å²) in [6, 6.07) is 17.5. The molecule has 40 heavy (non-hydrogen) atoms. The molecule has 2 bridgehead atoms. The number of hydrogen-bond acceptors (Lipinski definition) is 5. The minimum absolute atomic E-state index is 0. The Morgan fingerprint density at radius 1 is 0.975 bits per heavy atom. The first kappa shape index (κ1) is 26.5. The van der Waals surface area contributed by atoms with Crippen molar-refractivity contribution in [3.05, 3.63) is 83.6 Å². The van der Waals surface area contributed by atoms with E-state index < -0.39 is 0 Å². The Bertz CT molecular complexity index is 1530. The molecule has 0 amide bonds. The Balaban J connectivity index is 0.00000337. The maximum Gasteiger partial charge on any atom is 0.183 e. The molecular formula is C34H40N4O2. The van der Waals surface area contributed by atoms with Gasteiger partial charge >= 0.3 is 0 Å². The van der Waals surface area contributed by atoms with Crippen LogP contribution in [0.1, 0.15) is 75.4 Å². The fourth-order valence-corrected chi connectivity index (χ4v) is 6.17. The summed E-state index contributed by atoms with van der Waals surface area (Å²) in [4.78, 5) is 9.83. The van der Waals surface area contributed by atoms with Gasteiger partial charge in [-0.2, -0.15) is 5.10 Å². The second kappa shape index (κ2) is 11.4. The topological polar surface area (TPSA) is 62.1 Å². The van der Waals surface area contributed by atoms with Crippen LogP contribution in [-0.4, -0.2) is 40.1 Å². The van der Waals surface area contributed by atoms with Gasteiger partial charge in [-0.1, -0.05) is 62.4 Å². The highest BCUT2D eigenvalue weighted by molar-refractivity contribution is 5.72. The normalized spacial score (nSPS) is 17.7. The van der Waals surface area contributed by atoms with Crippen LogP contribution in [-0.2, 0) is 11.8 Å². The van der Waals surface area contributed by atoms with E-state index in [4.69, 9.17) is 24.5 Å². The first-order chi connectivity index (χ1) is 19.5. The second-order valence-corrected chi connectivity index (χ2v) is 11.3. The molecule has 6 heteroatoms. The summed E-state index contributed by atoms with van der Waals surface area (Å²) < 4.78 is 13.3. The lowest BCUT2D eigenvalue weighted by Gasteiger charge is -2.17. The summed E-state index contributed by atoms with van der Waals surface area (Å²) in [6.07, 6.45) is 10.8. The van der Waals surface area contributed by atoms with Crippen molar-refractivity contribution in [1.82, 2.24) is 19.7 Å². The molecule has 1 saturated carbocycles. The number of hydrogen-bond donors (Lipinski definition) is 0. The number of fused-ring (bicyclic) bond motifs is 5. The average molecular weight is 537 g/mol. The van der Waals surface area contributed by atoms with E-state index in [0.717, 1.165) is 46.3 Å². The van der Waals surface area contributed by atoms with Gasteiger partial charge in [0.15, 0.2) is 11.6 Å².